The van der Waals surface area contributed by atoms with Crippen molar-refractivity contribution in [2.24, 2.45) is 0 Å². The summed E-state index contributed by atoms with van der Waals surface area (Å²) in [4.78, 5) is 46.3. The number of rotatable bonds is 8. The summed E-state index contributed by atoms with van der Waals surface area (Å²) < 4.78 is 11.1. The average molecular weight is 520 g/mol. The van der Waals surface area contributed by atoms with E-state index in [9.17, 15) is 19.5 Å². The van der Waals surface area contributed by atoms with E-state index in [4.69, 9.17) is 9.47 Å². The Kier molecular flexibility index (Phi) is 7.23. The van der Waals surface area contributed by atoms with Crippen molar-refractivity contribution in [2.75, 3.05) is 57.9 Å². The van der Waals surface area contributed by atoms with Crippen LogP contribution in [0.1, 0.15) is 30.9 Å². The second-order valence-electron chi connectivity index (χ2n) is 9.78. The highest BCUT2D eigenvalue weighted by atomic mass is 16.5. The van der Waals surface area contributed by atoms with E-state index < -0.39 is 23.1 Å². The van der Waals surface area contributed by atoms with Crippen LogP contribution in [0.15, 0.2) is 54.1 Å². The number of aliphatic hydroxyl groups excluding tert-OH is 1. The van der Waals surface area contributed by atoms with Gasteiger partial charge in [0.25, 0.3) is 17.6 Å². The molecule has 0 aliphatic carbocycles. The van der Waals surface area contributed by atoms with Crippen LogP contribution in [-0.2, 0) is 24.7 Å². The van der Waals surface area contributed by atoms with Crippen molar-refractivity contribution in [3.63, 3.8) is 0 Å². The van der Waals surface area contributed by atoms with Crippen LogP contribution < -0.4 is 9.64 Å². The summed E-state index contributed by atoms with van der Waals surface area (Å²) in [6.45, 7) is 6.37. The molecule has 0 saturated carbocycles. The summed E-state index contributed by atoms with van der Waals surface area (Å²) in [5, 5.41) is 11.5. The number of nitrogens with zero attached hydrogens (tertiary/aromatic N) is 3. The van der Waals surface area contributed by atoms with Gasteiger partial charge in [-0.1, -0.05) is 25.1 Å². The van der Waals surface area contributed by atoms with E-state index in [1.54, 1.807) is 55.6 Å². The Bertz CT molecular complexity index is 1270. The van der Waals surface area contributed by atoms with Gasteiger partial charge in [-0.05, 0) is 43.2 Å². The zero-order chi connectivity index (χ0) is 26.9. The molecule has 5 rings (SSSR count). The minimum absolute atomic E-state index is 0.191. The number of morpholine rings is 1. The van der Waals surface area contributed by atoms with Gasteiger partial charge in [0.1, 0.15) is 11.5 Å². The van der Waals surface area contributed by atoms with E-state index in [1.165, 1.54) is 9.80 Å². The van der Waals surface area contributed by atoms with E-state index >= 15 is 0 Å². The molecular formula is C29H33N3O6. The SMILES string of the molecule is CCCOc1ccc(/C(O)=C2\C(=O)C(=O)N(CCCN3CCOCC3)[C@]23C(=O)N(C)c2ccccc23)cc1. The van der Waals surface area contributed by atoms with Crippen LogP contribution in [0.25, 0.3) is 5.76 Å². The van der Waals surface area contributed by atoms with E-state index in [0.29, 0.717) is 55.4 Å². The molecule has 3 aliphatic rings. The Morgan fingerprint density at radius 3 is 2.45 bits per heavy atom. The van der Waals surface area contributed by atoms with Crippen molar-refractivity contribution in [2.45, 2.75) is 25.3 Å². The fourth-order valence-corrected chi connectivity index (χ4v) is 5.62. The first kappa shape index (κ1) is 25.9. The minimum Gasteiger partial charge on any atom is -0.507 e. The number of aliphatic hydroxyl groups is 1. The number of ketones is 1. The Labute approximate surface area is 222 Å². The van der Waals surface area contributed by atoms with Crippen LogP contribution in [-0.4, -0.2) is 85.6 Å². The normalized spacial score (nSPS) is 22.9. The van der Waals surface area contributed by atoms with Crippen molar-refractivity contribution in [1.29, 1.82) is 0 Å². The fraction of sp³-hybridized carbons (Fsp3) is 0.414. The third kappa shape index (κ3) is 4.16. The number of hydrogen-bond donors (Lipinski definition) is 1. The van der Waals surface area contributed by atoms with Crippen molar-refractivity contribution in [1.82, 2.24) is 9.80 Å². The van der Waals surface area contributed by atoms with E-state index in [2.05, 4.69) is 4.90 Å². The fourth-order valence-electron chi connectivity index (χ4n) is 5.62. The molecule has 1 N–H and O–H groups in total. The molecule has 1 spiro atoms. The molecule has 38 heavy (non-hydrogen) atoms. The van der Waals surface area contributed by atoms with Gasteiger partial charge in [-0.15, -0.1) is 0 Å². The van der Waals surface area contributed by atoms with Crippen molar-refractivity contribution >= 4 is 29.0 Å². The lowest BCUT2D eigenvalue weighted by Crippen LogP contribution is -2.52. The summed E-state index contributed by atoms with van der Waals surface area (Å²) in [5.41, 5.74) is -0.474. The molecule has 1 atom stereocenters. The Morgan fingerprint density at radius 2 is 1.74 bits per heavy atom. The molecule has 9 nitrogen and oxygen atoms in total. The Morgan fingerprint density at radius 1 is 1.03 bits per heavy atom. The highest BCUT2D eigenvalue weighted by molar-refractivity contribution is 6.50. The molecule has 2 amide bonds. The second-order valence-corrected chi connectivity index (χ2v) is 9.78. The molecule has 3 aliphatic heterocycles. The number of Topliss-reactive ketones (excluding diaryl/α,β-unsaturated/α-hetero) is 1. The van der Waals surface area contributed by atoms with Gasteiger partial charge < -0.3 is 24.4 Å². The monoisotopic (exact) mass is 519 g/mol. The number of fused-ring (bicyclic) bond motifs is 2. The molecule has 2 aromatic rings. The van der Waals surface area contributed by atoms with Gasteiger partial charge in [-0.25, -0.2) is 0 Å². The molecule has 2 fully saturated rings. The van der Waals surface area contributed by atoms with Gasteiger partial charge >= 0.3 is 0 Å². The predicted octanol–water partition coefficient (Wildman–Crippen LogP) is 2.75. The minimum atomic E-state index is -1.73. The number of likely N-dealkylation sites (N-methyl/N-ethyl adjacent to an activating group) is 1. The molecule has 2 aromatic carbocycles. The van der Waals surface area contributed by atoms with Crippen LogP contribution in [0, 0.1) is 0 Å². The lowest BCUT2D eigenvalue weighted by Gasteiger charge is -2.35. The summed E-state index contributed by atoms with van der Waals surface area (Å²) in [6, 6.07) is 13.8. The maximum Gasteiger partial charge on any atom is 0.296 e. The average Bonchev–Trinajstić information content (AvgIpc) is 3.31. The molecule has 0 radical (unpaired) electrons. The van der Waals surface area contributed by atoms with E-state index in [0.717, 1.165) is 19.5 Å². The number of carbonyl (C=O) groups excluding carboxylic acids is 3. The van der Waals surface area contributed by atoms with Crippen LogP contribution in [0.4, 0.5) is 5.69 Å². The number of hydrogen-bond acceptors (Lipinski definition) is 7. The maximum absolute atomic E-state index is 14.1. The zero-order valence-corrected chi connectivity index (χ0v) is 21.8. The Hall–Kier alpha value is -3.69. The quantitative estimate of drug-likeness (QED) is 0.325. The third-order valence-corrected chi connectivity index (χ3v) is 7.50. The topological polar surface area (TPSA) is 99.6 Å². The van der Waals surface area contributed by atoms with E-state index in [-0.39, 0.29) is 17.9 Å². The van der Waals surface area contributed by atoms with Crippen LogP contribution >= 0.6 is 0 Å². The summed E-state index contributed by atoms with van der Waals surface area (Å²) >= 11 is 0. The highest BCUT2D eigenvalue weighted by Crippen LogP contribution is 2.53. The second kappa shape index (κ2) is 10.6. The zero-order valence-electron chi connectivity index (χ0n) is 21.8. The van der Waals surface area contributed by atoms with Crippen molar-refractivity contribution in [3.8, 4) is 5.75 Å². The van der Waals surface area contributed by atoms with Crippen molar-refractivity contribution < 1.29 is 29.0 Å². The summed E-state index contributed by atoms with van der Waals surface area (Å²) in [6.07, 6.45) is 1.42. The molecule has 9 heteroatoms. The lowest BCUT2D eigenvalue weighted by molar-refractivity contribution is -0.143. The number of likely N-dealkylation sites (tertiary alicyclic amines) is 1. The van der Waals surface area contributed by atoms with Crippen LogP contribution in [0.2, 0.25) is 0 Å². The molecule has 0 aromatic heterocycles. The van der Waals surface area contributed by atoms with Crippen LogP contribution in [0.3, 0.4) is 0 Å². The first-order chi connectivity index (χ1) is 18.4. The molecular weight excluding hydrogens is 486 g/mol. The largest absolute Gasteiger partial charge is 0.507 e. The van der Waals surface area contributed by atoms with Gasteiger partial charge in [0.15, 0.2) is 5.54 Å². The molecule has 200 valence electrons. The highest BCUT2D eigenvalue weighted by Gasteiger charge is 2.66. The number of benzene rings is 2. The molecule has 3 heterocycles. The van der Waals surface area contributed by atoms with Gasteiger partial charge in [-0.3, -0.25) is 19.3 Å². The van der Waals surface area contributed by atoms with Gasteiger partial charge in [0, 0.05) is 50.0 Å². The van der Waals surface area contributed by atoms with Crippen LogP contribution in [0.5, 0.6) is 5.75 Å². The molecule has 2 saturated heterocycles. The van der Waals surface area contributed by atoms with Gasteiger partial charge in [0.2, 0.25) is 0 Å². The first-order valence-corrected chi connectivity index (χ1v) is 13.1. The number of anilines is 1. The number of amides is 2. The summed E-state index contributed by atoms with van der Waals surface area (Å²) in [7, 11) is 1.63. The number of para-hydroxylation sites is 1. The standard InChI is InChI=1S/C29H33N3O6/c1-3-17-38-21-11-9-20(10-12-21)25(33)24-26(34)27(35)32(14-6-13-31-15-18-37-19-16-31)29(24)22-7-4-5-8-23(22)30(2)28(29)36/h4-5,7-12,33H,3,6,13-19H2,1-2H3/b25-24-/t29-/m0/s1. The maximum atomic E-state index is 14.1. The number of carbonyl (C=O) groups is 3. The predicted molar refractivity (Wildman–Crippen MR) is 142 cm³/mol. The summed E-state index contributed by atoms with van der Waals surface area (Å²) in [5.74, 6) is -1.83. The molecule has 0 unspecified atom stereocenters. The number of ether oxygens (including phenoxy) is 2. The smallest absolute Gasteiger partial charge is 0.296 e. The van der Waals surface area contributed by atoms with E-state index in [1.807, 2.05) is 6.92 Å². The Balaban J connectivity index is 1.58. The lowest BCUT2D eigenvalue weighted by atomic mass is 9.82. The third-order valence-electron chi connectivity index (χ3n) is 7.50. The van der Waals surface area contributed by atoms with Crippen molar-refractivity contribution in [3.05, 3.63) is 65.2 Å². The first-order valence-electron chi connectivity index (χ1n) is 13.1. The van der Waals surface area contributed by atoms with Gasteiger partial charge in [-0.2, -0.15) is 0 Å². The van der Waals surface area contributed by atoms with Gasteiger partial charge in [0.05, 0.1) is 25.4 Å². The molecule has 0 bridgehead atoms.